The van der Waals surface area contributed by atoms with E-state index in [1.165, 1.54) is 0 Å². The van der Waals surface area contributed by atoms with E-state index in [2.05, 4.69) is 0 Å². The highest BCUT2D eigenvalue weighted by atomic mass is 35.5. The zero-order valence-electron chi connectivity index (χ0n) is 8.18. The van der Waals surface area contributed by atoms with Gasteiger partial charge < -0.3 is 5.73 Å². The Morgan fingerprint density at radius 2 is 1.94 bits per heavy atom. The Hall–Kier alpha value is -1.56. The lowest BCUT2D eigenvalue weighted by Crippen LogP contribution is -2.10. The summed E-state index contributed by atoms with van der Waals surface area (Å²) in [5.74, 6) is -2.24. The van der Waals surface area contributed by atoms with E-state index in [-0.39, 0.29) is 0 Å². The van der Waals surface area contributed by atoms with Crippen molar-refractivity contribution in [2.45, 2.75) is 6.18 Å². The molecule has 17 heavy (non-hydrogen) atoms. The summed E-state index contributed by atoms with van der Waals surface area (Å²) < 4.78 is 51.0. The number of carbonyl (C=O) groups is 1. The summed E-state index contributed by atoms with van der Waals surface area (Å²) in [7, 11) is 0. The van der Waals surface area contributed by atoms with Crippen LogP contribution in [-0.2, 0) is 11.0 Å². The van der Waals surface area contributed by atoms with E-state index in [9.17, 15) is 22.4 Å². The van der Waals surface area contributed by atoms with Gasteiger partial charge in [-0.05, 0) is 18.2 Å². The first-order chi connectivity index (χ1) is 7.73. The molecule has 0 aliphatic rings. The molecule has 0 spiro atoms. The third-order valence-corrected chi connectivity index (χ3v) is 2.14. The van der Waals surface area contributed by atoms with Crippen molar-refractivity contribution < 1.29 is 22.4 Å². The molecule has 2 nitrogen and oxygen atoms in total. The summed E-state index contributed by atoms with van der Waals surface area (Å²) in [5, 5.41) is -0.470. The molecule has 1 aromatic carbocycles. The number of carbonyl (C=O) groups excluding carboxylic acids is 1. The van der Waals surface area contributed by atoms with Gasteiger partial charge in [-0.15, -0.1) is 0 Å². The highest BCUT2D eigenvalue weighted by Gasteiger charge is 2.34. The van der Waals surface area contributed by atoms with E-state index in [1.54, 1.807) is 0 Å². The topological polar surface area (TPSA) is 43.1 Å². The standard InChI is InChI=1S/C10H6ClF4NO/c11-7-3-2-6(10(13,14)15)5(9(7)12)1-4-8(16)17/h1-4H,(H2,16,17)/b4-1+. The van der Waals surface area contributed by atoms with Gasteiger partial charge in [0.25, 0.3) is 0 Å². The fourth-order valence-corrected chi connectivity index (χ4v) is 1.31. The average molecular weight is 268 g/mol. The molecule has 1 rings (SSSR count). The van der Waals surface area contributed by atoms with Crippen LogP contribution in [0.4, 0.5) is 17.6 Å². The number of hydrogen-bond acceptors (Lipinski definition) is 1. The molecule has 0 atom stereocenters. The molecule has 1 amide bonds. The fourth-order valence-electron chi connectivity index (χ4n) is 1.14. The quantitative estimate of drug-likeness (QED) is 0.650. The average Bonchev–Trinajstić information content (AvgIpc) is 2.18. The van der Waals surface area contributed by atoms with Crippen LogP contribution in [0.15, 0.2) is 18.2 Å². The largest absolute Gasteiger partial charge is 0.417 e. The molecule has 92 valence electrons. The van der Waals surface area contributed by atoms with Gasteiger partial charge in [0, 0.05) is 11.6 Å². The summed E-state index contributed by atoms with van der Waals surface area (Å²) in [6.07, 6.45) is -3.47. The molecule has 1 aromatic rings. The van der Waals surface area contributed by atoms with Crippen molar-refractivity contribution >= 4 is 23.6 Å². The number of amides is 1. The van der Waals surface area contributed by atoms with Crippen molar-refractivity contribution in [3.63, 3.8) is 0 Å². The minimum absolute atomic E-state index is 0.470. The monoisotopic (exact) mass is 267 g/mol. The minimum Gasteiger partial charge on any atom is -0.366 e. The first-order valence-corrected chi connectivity index (χ1v) is 4.64. The third kappa shape index (κ3) is 3.20. The van der Waals surface area contributed by atoms with Gasteiger partial charge in [-0.25, -0.2) is 4.39 Å². The predicted octanol–water partition coefficient (Wildman–Crippen LogP) is 3.00. The van der Waals surface area contributed by atoms with Crippen LogP contribution in [0.2, 0.25) is 5.02 Å². The lowest BCUT2D eigenvalue weighted by Gasteiger charge is -2.11. The van der Waals surface area contributed by atoms with Crippen molar-refractivity contribution in [2.24, 2.45) is 5.73 Å². The number of primary amides is 1. The summed E-state index contributed by atoms with van der Waals surface area (Å²) >= 11 is 5.36. The molecule has 0 saturated carbocycles. The zero-order valence-corrected chi connectivity index (χ0v) is 8.94. The second-order valence-corrected chi connectivity index (χ2v) is 3.46. The molecule has 2 N–H and O–H groups in total. The van der Waals surface area contributed by atoms with Gasteiger partial charge in [-0.2, -0.15) is 13.2 Å². The molecule has 0 radical (unpaired) electrons. The molecular formula is C10H6ClF4NO. The number of halogens is 5. The Bertz CT molecular complexity index is 482. The van der Waals surface area contributed by atoms with Gasteiger partial charge in [0.15, 0.2) is 0 Å². The normalized spacial score (nSPS) is 12.1. The predicted molar refractivity (Wildman–Crippen MR) is 54.6 cm³/mol. The Balaban J connectivity index is 3.42. The Kier molecular flexibility index (Phi) is 3.77. The molecule has 0 aromatic heterocycles. The van der Waals surface area contributed by atoms with Gasteiger partial charge in [-0.3, -0.25) is 4.79 Å². The summed E-state index contributed by atoms with van der Waals surface area (Å²) in [6, 6.07) is 1.42. The molecule has 0 fully saturated rings. The van der Waals surface area contributed by atoms with E-state index in [0.29, 0.717) is 18.2 Å². The SMILES string of the molecule is NC(=O)/C=C/c1c(C(F)(F)F)ccc(Cl)c1F. The maximum Gasteiger partial charge on any atom is 0.417 e. The van der Waals surface area contributed by atoms with Crippen molar-refractivity contribution in [2.75, 3.05) is 0 Å². The van der Waals surface area contributed by atoms with Crippen LogP contribution < -0.4 is 5.73 Å². The van der Waals surface area contributed by atoms with Crippen molar-refractivity contribution in [1.29, 1.82) is 0 Å². The summed E-state index contributed by atoms with van der Waals surface area (Å²) in [6.45, 7) is 0. The smallest absolute Gasteiger partial charge is 0.366 e. The Morgan fingerprint density at radius 3 is 2.41 bits per heavy atom. The third-order valence-electron chi connectivity index (χ3n) is 1.85. The molecule has 0 aliphatic carbocycles. The van der Waals surface area contributed by atoms with Gasteiger partial charge in [-0.1, -0.05) is 11.6 Å². The summed E-state index contributed by atoms with van der Waals surface area (Å²) in [5.41, 5.74) is 2.68. The van der Waals surface area contributed by atoms with Crippen LogP contribution in [0, 0.1) is 5.82 Å². The number of benzene rings is 1. The first kappa shape index (κ1) is 13.5. The maximum atomic E-state index is 13.4. The lowest BCUT2D eigenvalue weighted by atomic mass is 10.1. The van der Waals surface area contributed by atoms with Crippen molar-refractivity contribution in [1.82, 2.24) is 0 Å². The molecular weight excluding hydrogens is 262 g/mol. The van der Waals surface area contributed by atoms with E-state index in [1.807, 2.05) is 0 Å². The lowest BCUT2D eigenvalue weighted by molar-refractivity contribution is -0.138. The molecule has 0 aliphatic heterocycles. The van der Waals surface area contributed by atoms with E-state index >= 15 is 0 Å². The fraction of sp³-hybridized carbons (Fsp3) is 0.100. The first-order valence-electron chi connectivity index (χ1n) is 4.26. The van der Waals surface area contributed by atoms with Gasteiger partial charge >= 0.3 is 6.18 Å². The van der Waals surface area contributed by atoms with Crippen molar-refractivity contribution in [3.05, 3.63) is 40.2 Å². The van der Waals surface area contributed by atoms with Crippen LogP contribution in [-0.4, -0.2) is 5.91 Å². The van der Waals surface area contributed by atoms with Gasteiger partial charge in [0.1, 0.15) is 5.82 Å². The van der Waals surface area contributed by atoms with Gasteiger partial charge in [0.2, 0.25) is 5.91 Å². The maximum absolute atomic E-state index is 13.4. The van der Waals surface area contributed by atoms with Crippen LogP contribution in [0.5, 0.6) is 0 Å². The van der Waals surface area contributed by atoms with Crippen LogP contribution in [0.3, 0.4) is 0 Å². The molecule has 0 unspecified atom stereocenters. The minimum atomic E-state index is -4.75. The van der Waals surface area contributed by atoms with Gasteiger partial charge in [0.05, 0.1) is 10.6 Å². The Labute approximate surface area is 98.7 Å². The van der Waals surface area contributed by atoms with Crippen LogP contribution in [0.25, 0.3) is 6.08 Å². The van der Waals surface area contributed by atoms with E-state index in [0.717, 1.165) is 6.07 Å². The van der Waals surface area contributed by atoms with E-state index in [4.69, 9.17) is 17.3 Å². The molecule has 7 heteroatoms. The number of hydrogen-bond donors (Lipinski definition) is 1. The van der Waals surface area contributed by atoms with E-state index < -0.39 is 34.1 Å². The number of nitrogens with two attached hydrogens (primary N) is 1. The van der Waals surface area contributed by atoms with Crippen LogP contribution >= 0.6 is 11.6 Å². The number of rotatable bonds is 2. The molecule has 0 heterocycles. The second kappa shape index (κ2) is 4.75. The summed E-state index contributed by atoms with van der Waals surface area (Å²) in [4.78, 5) is 10.4. The zero-order chi connectivity index (χ0) is 13.2. The molecule has 0 saturated heterocycles. The van der Waals surface area contributed by atoms with Crippen LogP contribution in [0.1, 0.15) is 11.1 Å². The Morgan fingerprint density at radius 1 is 1.35 bits per heavy atom. The highest BCUT2D eigenvalue weighted by Crippen LogP contribution is 2.35. The van der Waals surface area contributed by atoms with Crippen molar-refractivity contribution in [3.8, 4) is 0 Å². The second-order valence-electron chi connectivity index (χ2n) is 3.06. The molecule has 0 bridgehead atoms. The number of alkyl halides is 3. The highest BCUT2D eigenvalue weighted by molar-refractivity contribution is 6.30.